The first kappa shape index (κ1) is 16.3. The lowest BCUT2D eigenvalue weighted by Crippen LogP contribution is -2.46. The Labute approximate surface area is 148 Å². The zero-order chi connectivity index (χ0) is 17.2. The summed E-state index contributed by atoms with van der Waals surface area (Å²) < 4.78 is 10.6. The van der Waals surface area contributed by atoms with Crippen molar-refractivity contribution in [2.45, 2.75) is 51.2 Å². The molecule has 2 aromatic heterocycles. The average Bonchev–Trinajstić information content (AvgIpc) is 3.38. The van der Waals surface area contributed by atoms with E-state index in [0.717, 1.165) is 49.7 Å². The van der Waals surface area contributed by atoms with Gasteiger partial charge in [0, 0.05) is 37.3 Å². The molecule has 1 saturated heterocycles. The van der Waals surface area contributed by atoms with E-state index in [1.54, 1.807) is 13.4 Å². The Hall–Kier alpha value is -2.15. The smallest absolute Gasteiger partial charge is 0.218 e. The topological polar surface area (TPSA) is 67.5 Å². The zero-order valence-electron chi connectivity index (χ0n) is 14.9. The second-order valence-corrected chi connectivity index (χ2v) is 7.00. The molecule has 0 spiro atoms. The molecule has 3 heterocycles. The molecular weight excluding hydrogens is 318 g/mol. The Morgan fingerprint density at radius 3 is 2.56 bits per heavy atom. The number of hydrogen-bond acceptors (Lipinski definition) is 7. The maximum Gasteiger partial charge on any atom is 0.218 e. The predicted octanol–water partition coefficient (Wildman–Crippen LogP) is 2.42. The van der Waals surface area contributed by atoms with E-state index in [4.69, 9.17) is 9.26 Å². The van der Waals surface area contributed by atoms with Gasteiger partial charge in [-0.2, -0.15) is 0 Å². The van der Waals surface area contributed by atoms with Gasteiger partial charge in [0.15, 0.2) is 5.76 Å². The summed E-state index contributed by atoms with van der Waals surface area (Å²) in [5.41, 5.74) is 0.947. The van der Waals surface area contributed by atoms with Crippen molar-refractivity contribution in [3.05, 3.63) is 29.9 Å². The molecular formula is C18H25N5O2. The SMILES string of the molecule is COc1cc(N(C2CC2)C2CCN(Cc3cc(C)no3)CC2)ncn1. The molecule has 4 rings (SSSR count). The van der Waals surface area contributed by atoms with Gasteiger partial charge in [-0.05, 0) is 32.6 Å². The van der Waals surface area contributed by atoms with Crippen molar-refractivity contribution in [3.8, 4) is 5.88 Å². The second-order valence-electron chi connectivity index (χ2n) is 7.00. The van der Waals surface area contributed by atoms with Crippen LogP contribution in [0.1, 0.15) is 37.1 Å². The van der Waals surface area contributed by atoms with E-state index in [1.807, 2.05) is 19.1 Å². The van der Waals surface area contributed by atoms with E-state index in [0.29, 0.717) is 18.0 Å². The number of rotatable bonds is 6. The summed E-state index contributed by atoms with van der Waals surface area (Å²) in [4.78, 5) is 13.6. The van der Waals surface area contributed by atoms with Gasteiger partial charge in [-0.1, -0.05) is 5.16 Å². The summed E-state index contributed by atoms with van der Waals surface area (Å²) in [5.74, 6) is 2.59. The van der Waals surface area contributed by atoms with Gasteiger partial charge in [-0.3, -0.25) is 4.90 Å². The van der Waals surface area contributed by atoms with Gasteiger partial charge in [0.25, 0.3) is 0 Å². The maximum absolute atomic E-state index is 5.35. The number of methoxy groups -OCH3 is 1. The maximum atomic E-state index is 5.35. The van der Waals surface area contributed by atoms with Crippen LogP contribution in [0.3, 0.4) is 0 Å². The summed E-state index contributed by atoms with van der Waals surface area (Å²) >= 11 is 0. The van der Waals surface area contributed by atoms with E-state index < -0.39 is 0 Å². The summed E-state index contributed by atoms with van der Waals surface area (Å²) in [6.07, 6.45) is 6.38. The number of aromatic nitrogens is 3. The van der Waals surface area contributed by atoms with Crippen molar-refractivity contribution < 1.29 is 9.26 Å². The van der Waals surface area contributed by atoms with Gasteiger partial charge in [0.1, 0.15) is 12.1 Å². The Morgan fingerprint density at radius 1 is 1.16 bits per heavy atom. The van der Waals surface area contributed by atoms with E-state index in [2.05, 4.69) is 24.9 Å². The van der Waals surface area contributed by atoms with Crippen LogP contribution in [-0.4, -0.2) is 52.3 Å². The van der Waals surface area contributed by atoms with E-state index in [-0.39, 0.29) is 0 Å². The quantitative estimate of drug-likeness (QED) is 0.798. The Balaban J connectivity index is 1.40. The molecule has 0 aromatic carbocycles. The fraction of sp³-hybridized carbons (Fsp3) is 0.611. The van der Waals surface area contributed by atoms with Crippen LogP contribution in [0.5, 0.6) is 5.88 Å². The molecule has 0 bridgehead atoms. The van der Waals surface area contributed by atoms with Crippen LogP contribution in [0.4, 0.5) is 5.82 Å². The molecule has 0 radical (unpaired) electrons. The van der Waals surface area contributed by atoms with Gasteiger partial charge in [-0.25, -0.2) is 9.97 Å². The molecule has 0 atom stereocenters. The number of anilines is 1. The molecule has 7 heteroatoms. The number of nitrogens with zero attached hydrogens (tertiary/aromatic N) is 5. The highest BCUT2D eigenvalue weighted by molar-refractivity contribution is 5.45. The Bertz CT molecular complexity index is 707. The van der Waals surface area contributed by atoms with Crippen LogP contribution >= 0.6 is 0 Å². The minimum Gasteiger partial charge on any atom is -0.481 e. The third-order valence-corrected chi connectivity index (χ3v) is 5.05. The van der Waals surface area contributed by atoms with E-state index in [1.165, 1.54) is 12.8 Å². The van der Waals surface area contributed by atoms with Crippen molar-refractivity contribution in [1.82, 2.24) is 20.0 Å². The fourth-order valence-corrected chi connectivity index (χ4v) is 3.67. The molecule has 134 valence electrons. The molecule has 0 unspecified atom stereocenters. The Morgan fingerprint density at radius 2 is 1.92 bits per heavy atom. The largest absolute Gasteiger partial charge is 0.481 e. The summed E-state index contributed by atoms with van der Waals surface area (Å²) in [5, 5.41) is 3.98. The predicted molar refractivity (Wildman–Crippen MR) is 93.6 cm³/mol. The van der Waals surface area contributed by atoms with Crippen molar-refractivity contribution in [1.29, 1.82) is 0 Å². The van der Waals surface area contributed by atoms with Crippen LogP contribution in [0, 0.1) is 6.92 Å². The third-order valence-electron chi connectivity index (χ3n) is 5.05. The summed E-state index contributed by atoms with van der Waals surface area (Å²) in [6, 6.07) is 5.13. The highest BCUT2D eigenvalue weighted by Crippen LogP contribution is 2.36. The van der Waals surface area contributed by atoms with Crippen molar-refractivity contribution in [3.63, 3.8) is 0 Å². The third kappa shape index (κ3) is 3.76. The van der Waals surface area contributed by atoms with Gasteiger partial charge in [0.05, 0.1) is 19.3 Å². The molecule has 1 saturated carbocycles. The number of aryl methyl sites for hydroxylation is 1. The molecule has 1 aliphatic carbocycles. The fourth-order valence-electron chi connectivity index (χ4n) is 3.67. The minimum absolute atomic E-state index is 0.528. The van der Waals surface area contributed by atoms with Crippen molar-refractivity contribution >= 4 is 5.82 Å². The molecule has 25 heavy (non-hydrogen) atoms. The number of hydrogen-bond donors (Lipinski definition) is 0. The Kier molecular flexibility index (Phi) is 4.57. The first-order valence-corrected chi connectivity index (χ1v) is 9.02. The first-order valence-electron chi connectivity index (χ1n) is 9.02. The zero-order valence-corrected chi connectivity index (χ0v) is 14.9. The lowest BCUT2D eigenvalue weighted by Gasteiger charge is -2.39. The molecule has 2 aliphatic rings. The summed E-state index contributed by atoms with van der Waals surface area (Å²) in [6.45, 7) is 4.94. The van der Waals surface area contributed by atoms with Crippen LogP contribution < -0.4 is 9.64 Å². The average molecular weight is 343 g/mol. The molecule has 0 amide bonds. The van der Waals surface area contributed by atoms with E-state index in [9.17, 15) is 0 Å². The molecule has 2 fully saturated rings. The van der Waals surface area contributed by atoms with E-state index >= 15 is 0 Å². The van der Waals surface area contributed by atoms with Crippen LogP contribution in [0.15, 0.2) is 23.0 Å². The number of ether oxygens (including phenoxy) is 1. The lowest BCUT2D eigenvalue weighted by molar-refractivity contribution is 0.181. The monoisotopic (exact) mass is 343 g/mol. The van der Waals surface area contributed by atoms with Gasteiger partial charge >= 0.3 is 0 Å². The molecule has 0 N–H and O–H groups in total. The number of piperidine rings is 1. The van der Waals surface area contributed by atoms with Crippen LogP contribution in [-0.2, 0) is 6.54 Å². The highest BCUT2D eigenvalue weighted by Gasteiger charge is 2.36. The molecule has 1 aliphatic heterocycles. The number of likely N-dealkylation sites (tertiary alicyclic amines) is 1. The lowest BCUT2D eigenvalue weighted by atomic mass is 10.0. The normalized spacial score (nSPS) is 19.1. The van der Waals surface area contributed by atoms with Crippen LogP contribution in [0.2, 0.25) is 0 Å². The van der Waals surface area contributed by atoms with Gasteiger partial charge in [-0.15, -0.1) is 0 Å². The van der Waals surface area contributed by atoms with Crippen LogP contribution in [0.25, 0.3) is 0 Å². The summed E-state index contributed by atoms with van der Waals surface area (Å²) in [7, 11) is 1.65. The minimum atomic E-state index is 0.528. The molecule has 2 aromatic rings. The standard InChI is InChI=1S/C18H25N5O2/c1-13-9-16(25-21-13)11-22-7-5-15(6-8-22)23(14-3-4-14)17-10-18(24-2)20-12-19-17/h9-10,12,14-15H,3-8,11H2,1-2H3. The van der Waals surface area contributed by atoms with Gasteiger partial charge in [0.2, 0.25) is 5.88 Å². The van der Waals surface area contributed by atoms with Gasteiger partial charge < -0.3 is 14.2 Å². The second kappa shape index (κ2) is 7.00. The van der Waals surface area contributed by atoms with Crippen molar-refractivity contribution in [2.24, 2.45) is 0 Å². The highest BCUT2D eigenvalue weighted by atomic mass is 16.5. The molecule has 7 nitrogen and oxygen atoms in total. The first-order chi connectivity index (χ1) is 12.2. The van der Waals surface area contributed by atoms with Crippen molar-refractivity contribution in [2.75, 3.05) is 25.1 Å².